The largest absolute Gasteiger partial charge is 0.444 e. The first-order valence-electron chi connectivity index (χ1n) is 8.88. The van der Waals surface area contributed by atoms with Crippen LogP contribution < -0.4 is 0 Å². The first-order chi connectivity index (χ1) is 11.4. The van der Waals surface area contributed by atoms with Crippen molar-refractivity contribution in [3.63, 3.8) is 0 Å². The highest BCUT2D eigenvalue weighted by atomic mass is 16.6. The predicted octanol–water partition coefficient (Wildman–Crippen LogP) is 4.03. The second-order valence-corrected chi connectivity index (χ2v) is 7.49. The molecule has 0 N–H and O–H groups in total. The molecule has 0 aliphatic carbocycles. The van der Waals surface area contributed by atoms with Gasteiger partial charge in [0.1, 0.15) is 5.60 Å². The molecule has 1 fully saturated rings. The Morgan fingerprint density at radius 1 is 1.42 bits per heavy atom. The van der Waals surface area contributed by atoms with Crippen LogP contribution >= 0.6 is 0 Å². The summed E-state index contributed by atoms with van der Waals surface area (Å²) in [5.74, 6) is 0.549. The molecule has 1 amide bonds. The summed E-state index contributed by atoms with van der Waals surface area (Å²) in [4.78, 5) is 18.1. The van der Waals surface area contributed by atoms with E-state index in [1.807, 2.05) is 44.0 Å². The highest BCUT2D eigenvalue weighted by Gasteiger charge is 2.27. The molecule has 1 saturated heterocycles. The van der Waals surface area contributed by atoms with Gasteiger partial charge in [0.05, 0.1) is 6.61 Å². The number of amides is 1. The minimum absolute atomic E-state index is 0.181. The first kappa shape index (κ1) is 18.7. The summed E-state index contributed by atoms with van der Waals surface area (Å²) in [5, 5.41) is 0. The molecule has 0 aromatic carbocycles. The van der Waals surface area contributed by atoms with E-state index in [0.29, 0.717) is 12.5 Å². The van der Waals surface area contributed by atoms with Gasteiger partial charge in [-0.05, 0) is 64.0 Å². The molecule has 2 rings (SSSR count). The summed E-state index contributed by atoms with van der Waals surface area (Å²) < 4.78 is 11.2. The van der Waals surface area contributed by atoms with Gasteiger partial charge in [-0.25, -0.2) is 4.79 Å². The normalized spacial score (nSPS) is 18.5. The van der Waals surface area contributed by atoms with Crippen molar-refractivity contribution in [1.82, 2.24) is 9.88 Å². The fourth-order valence-corrected chi connectivity index (χ4v) is 2.94. The number of aromatic nitrogens is 1. The van der Waals surface area contributed by atoms with Gasteiger partial charge in [0, 0.05) is 32.1 Å². The van der Waals surface area contributed by atoms with Crippen LogP contribution in [-0.2, 0) is 16.1 Å². The van der Waals surface area contributed by atoms with Gasteiger partial charge in [0.15, 0.2) is 0 Å². The van der Waals surface area contributed by atoms with E-state index >= 15 is 0 Å². The fourth-order valence-electron chi connectivity index (χ4n) is 2.94. The molecule has 5 heteroatoms. The van der Waals surface area contributed by atoms with Gasteiger partial charge in [-0.15, -0.1) is 0 Å². The molecule has 0 saturated carbocycles. The number of rotatable bonds is 6. The van der Waals surface area contributed by atoms with Crippen molar-refractivity contribution in [2.75, 3.05) is 19.7 Å². The third-order valence-corrected chi connectivity index (χ3v) is 4.06. The Morgan fingerprint density at radius 3 is 2.96 bits per heavy atom. The van der Waals surface area contributed by atoms with Crippen molar-refractivity contribution in [2.24, 2.45) is 5.92 Å². The zero-order chi connectivity index (χ0) is 17.4. The van der Waals surface area contributed by atoms with E-state index in [1.165, 1.54) is 6.42 Å². The van der Waals surface area contributed by atoms with E-state index in [-0.39, 0.29) is 6.09 Å². The van der Waals surface area contributed by atoms with Gasteiger partial charge in [-0.2, -0.15) is 0 Å². The van der Waals surface area contributed by atoms with Crippen LogP contribution in [-0.4, -0.2) is 41.3 Å². The molecule has 1 aromatic rings. The van der Waals surface area contributed by atoms with Gasteiger partial charge < -0.3 is 14.4 Å². The molecule has 134 valence electrons. The number of carbonyl (C=O) groups is 1. The van der Waals surface area contributed by atoms with Crippen LogP contribution in [0.4, 0.5) is 4.79 Å². The van der Waals surface area contributed by atoms with Crippen molar-refractivity contribution in [2.45, 2.75) is 58.7 Å². The number of likely N-dealkylation sites (tertiary alicyclic amines) is 1. The lowest BCUT2D eigenvalue weighted by Gasteiger charge is -2.34. The average Bonchev–Trinajstić information content (AvgIpc) is 2.54. The van der Waals surface area contributed by atoms with Gasteiger partial charge in [0.2, 0.25) is 0 Å². The summed E-state index contributed by atoms with van der Waals surface area (Å²) in [6.45, 7) is 8.70. The minimum atomic E-state index is -0.426. The van der Waals surface area contributed by atoms with Crippen molar-refractivity contribution in [3.05, 3.63) is 30.1 Å². The van der Waals surface area contributed by atoms with Crippen molar-refractivity contribution < 1.29 is 14.3 Å². The summed E-state index contributed by atoms with van der Waals surface area (Å²) >= 11 is 0. The van der Waals surface area contributed by atoms with Crippen molar-refractivity contribution in [3.8, 4) is 0 Å². The average molecular weight is 334 g/mol. The number of hydrogen-bond acceptors (Lipinski definition) is 4. The van der Waals surface area contributed by atoms with Crippen molar-refractivity contribution in [1.29, 1.82) is 0 Å². The fraction of sp³-hybridized carbons (Fsp3) is 0.684. The molecule has 0 bridgehead atoms. The molecular formula is C19H30N2O3. The molecular weight excluding hydrogens is 304 g/mol. The van der Waals surface area contributed by atoms with E-state index in [9.17, 15) is 4.79 Å². The Kier molecular flexibility index (Phi) is 7.03. The maximum atomic E-state index is 12.2. The Hall–Kier alpha value is -1.62. The molecule has 2 heterocycles. The van der Waals surface area contributed by atoms with Gasteiger partial charge >= 0.3 is 6.09 Å². The van der Waals surface area contributed by atoms with Gasteiger partial charge in [-0.1, -0.05) is 6.07 Å². The zero-order valence-corrected chi connectivity index (χ0v) is 15.2. The highest BCUT2D eigenvalue weighted by Crippen LogP contribution is 2.22. The van der Waals surface area contributed by atoms with Gasteiger partial charge in [-0.3, -0.25) is 4.98 Å². The van der Waals surface area contributed by atoms with E-state index in [0.717, 1.165) is 44.5 Å². The Labute approximate surface area is 145 Å². The smallest absolute Gasteiger partial charge is 0.410 e. The van der Waals surface area contributed by atoms with Crippen LogP contribution in [0.15, 0.2) is 24.5 Å². The third-order valence-electron chi connectivity index (χ3n) is 4.06. The summed E-state index contributed by atoms with van der Waals surface area (Å²) in [5.41, 5.74) is 0.677. The van der Waals surface area contributed by atoms with Crippen molar-refractivity contribution >= 4 is 6.09 Å². The van der Waals surface area contributed by atoms with Crippen LogP contribution in [0.1, 0.15) is 52.0 Å². The lowest BCUT2D eigenvalue weighted by Crippen LogP contribution is -2.42. The SMILES string of the molecule is CC(C)(C)OC(=O)N1CCC[C@H](CCCOCc2cccnc2)C1. The summed E-state index contributed by atoms with van der Waals surface area (Å²) in [6, 6.07) is 3.94. The first-order valence-corrected chi connectivity index (χ1v) is 8.88. The number of ether oxygens (including phenoxy) is 2. The Balaban J connectivity index is 1.63. The summed E-state index contributed by atoms with van der Waals surface area (Å²) in [6.07, 6.45) is 7.77. The van der Waals surface area contributed by atoms with Crippen LogP contribution in [0.25, 0.3) is 0 Å². The topological polar surface area (TPSA) is 51.7 Å². The Morgan fingerprint density at radius 2 is 2.25 bits per heavy atom. The molecule has 1 aliphatic rings. The van der Waals surface area contributed by atoms with Crippen LogP contribution in [0, 0.1) is 5.92 Å². The number of piperidine rings is 1. The van der Waals surface area contributed by atoms with Crippen LogP contribution in [0.3, 0.4) is 0 Å². The molecule has 1 aromatic heterocycles. The monoisotopic (exact) mass is 334 g/mol. The van der Waals surface area contributed by atoms with E-state index < -0.39 is 5.60 Å². The maximum Gasteiger partial charge on any atom is 0.410 e. The number of hydrogen-bond donors (Lipinski definition) is 0. The predicted molar refractivity (Wildman–Crippen MR) is 93.7 cm³/mol. The lowest BCUT2D eigenvalue weighted by atomic mass is 9.94. The second-order valence-electron chi connectivity index (χ2n) is 7.49. The molecule has 24 heavy (non-hydrogen) atoms. The van der Waals surface area contributed by atoms with Crippen LogP contribution in [0.2, 0.25) is 0 Å². The molecule has 0 radical (unpaired) electrons. The minimum Gasteiger partial charge on any atom is -0.444 e. The molecule has 0 spiro atoms. The lowest BCUT2D eigenvalue weighted by molar-refractivity contribution is 0.0155. The number of nitrogens with zero attached hydrogens (tertiary/aromatic N) is 2. The van der Waals surface area contributed by atoms with E-state index in [2.05, 4.69) is 4.98 Å². The van der Waals surface area contributed by atoms with E-state index in [1.54, 1.807) is 6.20 Å². The molecule has 1 atom stereocenters. The van der Waals surface area contributed by atoms with E-state index in [4.69, 9.17) is 9.47 Å². The maximum absolute atomic E-state index is 12.2. The molecule has 1 aliphatic heterocycles. The highest BCUT2D eigenvalue weighted by molar-refractivity contribution is 5.68. The second kappa shape index (κ2) is 9.02. The summed E-state index contributed by atoms with van der Waals surface area (Å²) in [7, 11) is 0. The molecule has 0 unspecified atom stereocenters. The Bertz CT molecular complexity index is 499. The molecule has 5 nitrogen and oxygen atoms in total. The number of carbonyl (C=O) groups excluding carboxylic acids is 1. The number of pyridine rings is 1. The zero-order valence-electron chi connectivity index (χ0n) is 15.2. The third kappa shape index (κ3) is 6.87. The van der Waals surface area contributed by atoms with Crippen LogP contribution in [0.5, 0.6) is 0 Å². The van der Waals surface area contributed by atoms with Gasteiger partial charge in [0.25, 0.3) is 0 Å². The quantitative estimate of drug-likeness (QED) is 0.737. The standard InChI is InChI=1S/C19H30N2O3/c1-19(2,3)24-18(22)21-11-5-8-16(14-21)9-6-12-23-15-17-7-4-10-20-13-17/h4,7,10,13,16H,5-6,8-9,11-12,14-15H2,1-3H3/t16-/m1/s1.